The van der Waals surface area contributed by atoms with Crippen LogP contribution in [0.4, 0.5) is 5.82 Å². The fourth-order valence-electron chi connectivity index (χ4n) is 3.21. The summed E-state index contributed by atoms with van der Waals surface area (Å²) in [7, 11) is 0. The first kappa shape index (κ1) is 19.1. The predicted molar refractivity (Wildman–Crippen MR) is 104 cm³/mol. The number of nitrogens with one attached hydrogen (secondary N) is 1. The van der Waals surface area contributed by atoms with Crippen molar-refractivity contribution in [3.8, 4) is 6.07 Å². The molecule has 7 heteroatoms. The molecule has 0 saturated carbocycles. The second-order valence-electron chi connectivity index (χ2n) is 6.52. The Kier molecular flexibility index (Phi) is 6.25. The van der Waals surface area contributed by atoms with E-state index in [9.17, 15) is 10.1 Å². The lowest BCUT2D eigenvalue weighted by Gasteiger charge is -2.29. The van der Waals surface area contributed by atoms with Crippen molar-refractivity contribution < 1.29 is 4.79 Å². The Morgan fingerprint density at radius 3 is 2.93 bits per heavy atom. The van der Waals surface area contributed by atoms with Crippen LogP contribution in [0.5, 0.6) is 0 Å². The number of fused-ring (bicyclic) bond motifs is 1. The molecule has 1 N–H and O–H groups in total. The van der Waals surface area contributed by atoms with Crippen LogP contribution in [-0.4, -0.2) is 33.9 Å². The van der Waals surface area contributed by atoms with Crippen LogP contribution >= 0.6 is 11.6 Å². The Bertz CT molecular complexity index is 877. The van der Waals surface area contributed by atoms with E-state index >= 15 is 0 Å². The third-order valence-electron chi connectivity index (χ3n) is 4.62. The molecule has 6 nitrogen and oxygen atoms in total. The third kappa shape index (κ3) is 4.55. The smallest absolute Gasteiger partial charge is 0.234 e. The Morgan fingerprint density at radius 1 is 1.37 bits per heavy atom. The molecular formula is C20H22ClN5O. The topological polar surface area (TPSA) is 81.9 Å². The SMILES string of the molecule is CCCC(=O)N1CCc2nc(C#N)nc(NCCc3ccccc3Cl)c2C1. The molecule has 0 saturated heterocycles. The monoisotopic (exact) mass is 383 g/mol. The Hall–Kier alpha value is -2.65. The number of hydrogen-bond acceptors (Lipinski definition) is 5. The zero-order chi connectivity index (χ0) is 19.2. The van der Waals surface area contributed by atoms with Crippen molar-refractivity contribution in [1.29, 1.82) is 5.26 Å². The molecule has 0 radical (unpaired) electrons. The number of amides is 1. The van der Waals surface area contributed by atoms with Crippen LogP contribution < -0.4 is 5.32 Å². The number of nitrogens with zero attached hydrogens (tertiary/aromatic N) is 4. The van der Waals surface area contributed by atoms with Gasteiger partial charge in [0.1, 0.15) is 11.9 Å². The molecule has 2 heterocycles. The summed E-state index contributed by atoms with van der Waals surface area (Å²) >= 11 is 6.21. The highest BCUT2D eigenvalue weighted by Crippen LogP contribution is 2.25. The van der Waals surface area contributed by atoms with Gasteiger partial charge in [-0.05, 0) is 24.5 Å². The van der Waals surface area contributed by atoms with Crippen LogP contribution in [0.2, 0.25) is 5.02 Å². The number of halogens is 1. The number of hydrogen-bond donors (Lipinski definition) is 1. The molecule has 1 aromatic carbocycles. The Balaban J connectivity index is 1.77. The summed E-state index contributed by atoms with van der Waals surface area (Å²) in [5.41, 5.74) is 2.81. The number of nitriles is 1. The summed E-state index contributed by atoms with van der Waals surface area (Å²) in [6.45, 7) is 3.74. The number of rotatable bonds is 6. The summed E-state index contributed by atoms with van der Waals surface area (Å²) in [6.07, 6.45) is 2.75. The lowest BCUT2D eigenvalue weighted by Crippen LogP contribution is -2.37. The van der Waals surface area contributed by atoms with Crippen molar-refractivity contribution >= 4 is 23.3 Å². The second-order valence-corrected chi connectivity index (χ2v) is 6.92. The van der Waals surface area contributed by atoms with E-state index in [0.29, 0.717) is 38.3 Å². The fourth-order valence-corrected chi connectivity index (χ4v) is 3.44. The predicted octanol–water partition coefficient (Wildman–Crippen LogP) is 3.34. The zero-order valence-electron chi connectivity index (χ0n) is 15.3. The molecule has 1 aliphatic heterocycles. The van der Waals surface area contributed by atoms with Crippen molar-refractivity contribution in [2.45, 2.75) is 39.2 Å². The molecule has 27 heavy (non-hydrogen) atoms. The summed E-state index contributed by atoms with van der Waals surface area (Å²) in [6, 6.07) is 9.75. The van der Waals surface area contributed by atoms with Gasteiger partial charge in [0, 0.05) is 36.5 Å². The number of anilines is 1. The van der Waals surface area contributed by atoms with Gasteiger partial charge in [-0.3, -0.25) is 4.79 Å². The maximum atomic E-state index is 12.3. The quantitative estimate of drug-likeness (QED) is 0.827. The molecule has 1 aromatic heterocycles. The Morgan fingerprint density at radius 2 is 2.19 bits per heavy atom. The van der Waals surface area contributed by atoms with Gasteiger partial charge >= 0.3 is 0 Å². The van der Waals surface area contributed by atoms with E-state index in [2.05, 4.69) is 15.3 Å². The largest absolute Gasteiger partial charge is 0.369 e. The molecule has 0 atom stereocenters. The summed E-state index contributed by atoms with van der Waals surface area (Å²) in [4.78, 5) is 22.8. The number of carbonyl (C=O) groups excluding carboxylic acids is 1. The zero-order valence-corrected chi connectivity index (χ0v) is 16.1. The van der Waals surface area contributed by atoms with E-state index in [-0.39, 0.29) is 11.7 Å². The lowest BCUT2D eigenvalue weighted by molar-refractivity contribution is -0.132. The first-order valence-corrected chi connectivity index (χ1v) is 9.55. The van der Waals surface area contributed by atoms with Crippen molar-refractivity contribution in [1.82, 2.24) is 14.9 Å². The van der Waals surface area contributed by atoms with Gasteiger partial charge in [-0.25, -0.2) is 9.97 Å². The number of carbonyl (C=O) groups is 1. The van der Waals surface area contributed by atoms with Crippen molar-refractivity contribution in [2.75, 3.05) is 18.4 Å². The van der Waals surface area contributed by atoms with E-state index in [1.165, 1.54) is 0 Å². The summed E-state index contributed by atoms with van der Waals surface area (Å²) in [5.74, 6) is 0.939. The van der Waals surface area contributed by atoms with E-state index < -0.39 is 0 Å². The molecule has 0 spiro atoms. The highest BCUT2D eigenvalue weighted by Gasteiger charge is 2.25. The average molecular weight is 384 g/mol. The maximum Gasteiger partial charge on any atom is 0.234 e. The van der Waals surface area contributed by atoms with Crippen LogP contribution in [0.1, 0.15) is 42.4 Å². The first-order valence-electron chi connectivity index (χ1n) is 9.17. The molecule has 2 aromatic rings. The standard InChI is InChI=1S/C20H22ClN5O/c1-2-5-19(27)26-11-9-17-15(13-26)20(25-18(12-22)24-17)23-10-8-14-6-3-4-7-16(14)21/h3-4,6-7H,2,5,8-11,13H2,1H3,(H,23,24,25). The molecule has 0 unspecified atom stereocenters. The first-order chi connectivity index (χ1) is 13.1. The third-order valence-corrected chi connectivity index (χ3v) is 4.99. The van der Waals surface area contributed by atoms with Crippen LogP contribution in [0.15, 0.2) is 24.3 Å². The lowest BCUT2D eigenvalue weighted by atomic mass is 10.0. The van der Waals surface area contributed by atoms with E-state index in [0.717, 1.165) is 34.7 Å². The highest BCUT2D eigenvalue weighted by molar-refractivity contribution is 6.31. The van der Waals surface area contributed by atoms with Gasteiger partial charge in [-0.2, -0.15) is 5.26 Å². The van der Waals surface area contributed by atoms with Crippen molar-refractivity contribution in [2.24, 2.45) is 0 Å². The minimum atomic E-state index is 0.148. The number of benzene rings is 1. The minimum Gasteiger partial charge on any atom is -0.369 e. The van der Waals surface area contributed by atoms with Crippen LogP contribution in [0.25, 0.3) is 0 Å². The van der Waals surface area contributed by atoms with E-state index in [1.807, 2.05) is 42.2 Å². The van der Waals surface area contributed by atoms with Crippen LogP contribution in [0, 0.1) is 11.3 Å². The molecule has 0 aliphatic carbocycles. The van der Waals surface area contributed by atoms with Gasteiger partial charge < -0.3 is 10.2 Å². The van der Waals surface area contributed by atoms with Gasteiger partial charge in [-0.15, -0.1) is 0 Å². The summed E-state index contributed by atoms with van der Waals surface area (Å²) < 4.78 is 0. The molecule has 1 amide bonds. The second kappa shape index (κ2) is 8.83. The normalized spacial score (nSPS) is 13.0. The highest BCUT2D eigenvalue weighted by atomic mass is 35.5. The number of aromatic nitrogens is 2. The van der Waals surface area contributed by atoms with E-state index in [4.69, 9.17) is 11.6 Å². The molecule has 0 bridgehead atoms. The van der Waals surface area contributed by atoms with Gasteiger partial charge in [0.15, 0.2) is 0 Å². The van der Waals surface area contributed by atoms with Gasteiger partial charge in [-0.1, -0.05) is 36.7 Å². The average Bonchev–Trinajstić information content (AvgIpc) is 2.69. The Labute approximate surface area is 164 Å². The van der Waals surface area contributed by atoms with Gasteiger partial charge in [0.05, 0.1) is 12.2 Å². The summed E-state index contributed by atoms with van der Waals surface area (Å²) in [5, 5.41) is 13.3. The van der Waals surface area contributed by atoms with Crippen molar-refractivity contribution in [3.05, 3.63) is 51.9 Å². The molecule has 0 fully saturated rings. The van der Waals surface area contributed by atoms with Gasteiger partial charge in [0.25, 0.3) is 0 Å². The fraction of sp³-hybridized carbons (Fsp3) is 0.400. The van der Waals surface area contributed by atoms with Crippen LogP contribution in [0.3, 0.4) is 0 Å². The van der Waals surface area contributed by atoms with Crippen molar-refractivity contribution in [3.63, 3.8) is 0 Å². The van der Waals surface area contributed by atoms with Gasteiger partial charge in [0.2, 0.25) is 11.7 Å². The van der Waals surface area contributed by atoms with Crippen LogP contribution in [-0.2, 0) is 24.2 Å². The molecule has 140 valence electrons. The minimum absolute atomic E-state index is 0.148. The molecular weight excluding hydrogens is 362 g/mol. The molecule has 3 rings (SSSR count). The van der Waals surface area contributed by atoms with E-state index in [1.54, 1.807) is 0 Å². The molecule has 1 aliphatic rings. The maximum absolute atomic E-state index is 12.3.